The lowest BCUT2D eigenvalue weighted by Gasteiger charge is -2.30. The Bertz CT molecular complexity index is 1230. The van der Waals surface area contributed by atoms with E-state index in [1.165, 1.54) is 39.4 Å². The van der Waals surface area contributed by atoms with Crippen molar-refractivity contribution < 1.29 is 43.3 Å². The maximum Gasteiger partial charge on any atom is 0.405 e. The fourth-order valence-electron chi connectivity index (χ4n) is 4.87. The van der Waals surface area contributed by atoms with Crippen molar-refractivity contribution in [3.8, 4) is 0 Å². The highest BCUT2D eigenvalue weighted by atomic mass is 16.6. The molecule has 2 bridgehead atoms. The van der Waals surface area contributed by atoms with Gasteiger partial charge in [0, 0.05) is 37.4 Å². The fourth-order valence-corrected chi connectivity index (χ4v) is 4.87. The van der Waals surface area contributed by atoms with Gasteiger partial charge in [0.25, 0.3) is 5.91 Å². The zero-order valence-corrected chi connectivity index (χ0v) is 25.5. The molecule has 0 aromatic heterocycles. The first kappa shape index (κ1) is 35.4. The lowest BCUT2D eigenvalue weighted by Crippen LogP contribution is -2.37. The SMILES string of the molecule is C=CCONC1=C2C[C@@H](C)C[C@H](OC)[C@H](O)[C@@H](C)/C=C(\C)[C@H](OC(N)=O)[C@@H](OC)/C=C\C=C(/C)C(=O)NC(=CC1=O)C2=O. The summed E-state index contributed by atoms with van der Waals surface area (Å²) in [5.41, 5.74) is 8.61. The van der Waals surface area contributed by atoms with Crippen LogP contribution < -0.4 is 16.5 Å². The first-order valence-electron chi connectivity index (χ1n) is 13.9. The van der Waals surface area contributed by atoms with Gasteiger partial charge in [-0.05, 0) is 38.2 Å². The van der Waals surface area contributed by atoms with Gasteiger partial charge in [-0.1, -0.05) is 44.2 Å². The van der Waals surface area contributed by atoms with Crippen LogP contribution in [0.4, 0.5) is 4.79 Å². The number of allylic oxidation sites excluding steroid dienone is 4. The molecule has 2 amide bonds. The number of amides is 2. The molecule has 0 unspecified atom stereocenters. The normalized spacial score (nSPS) is 31.1. The Morgan fingerprint density at radius 2 is 1.91 bits per heavy atom. The predicted molar refractivity (Wildman–Crippen MR) is 159 cm³/mol. The topological polar surface area (TPSA) is 176 Å². The standard InChI is InChI=1S/C31H43N3O9/c1-8-12-42-34-26-21-13-17(2)14-25(41-7)27(36)19(4)15-20(5)29(43-31(32)39)24(40-6)11-9-10-18(3)30(38)33-22(28(21)37)16-23(26)35/h8-11,15-17,19,24-25,27,29,34,36H,1,12-14H2,2-7H3,(H2,32,39)(H,33,38)/b11-9-,18-10+,20-15+/t17-,19+,24+,25+,27-,29+/m1/s1. The molecule has 0 aromatic rings. The van der Waals surface area contributed by atoms with E-state index in [1.807, 2.05) is 6.92 Å². The van der Waals surface area contributed by atoms with E-state index in [2.05, 4.69) is 17.4 Å². The van der Waals surface area contributed by atoms with E-state index in [0.29, 0.717) is 12.0 Å². The van der Waals surface area contributed by atoms with Gasteiger partial charge in [0.1, 0.15) is 11.8 Å². The molecule has 12 heteroatoms. The molecule has 0 radical (unpaired) electrons. The number of nitrogens with two attached hydrogens (primary N) is 1. The third kappa shape index (κ3) is 9.85. The maximum absolute atomic E-state index is 13.6. The zero-order valence-electron chi connectivity index (χ0n) is 25.5. The number of hydrogen-bond acceptors (Lipinski definition) is 10. The number of fused-ring (bicyclic) bond motifs is 2. The summed E-state index contributed by atoms with van der Waals surface area (Å²) in [6.07, 6.45) is 4.94. The second-order valence-corrected chi connectivity index (χ2v) is 10.6. The van der Waals surface area contributed by atoms with Crippen LogP contribution >= 0.6 is 0 Å². The molecule has 1 heterocycles. The van der Waals surface area contributed by atoms with Crippen molar-refractivity contribution in [1.29, 1.82) is 0 Å². The van der Waals surface area contributed by atoms with Gasteiger partial charge in [0.2, 0.25) is 11.6 Å². The van der Waals surface area contributed by atoms with Crippen molar-refractivity contribution in [2.75, 3.05) is 20.8 Å². The molecule has 0 fully saturated rings. The number of primary amides is 1. The Kier molecular flexibility index (Phi) is 13.7. The summed E-state index contributed by atoms with van der Waals surface area (Å²) in [4.78, 5) is 56.6. The smallest absolute Gasteiger partial charge is 0.405 e. The van der Waals surface area contributed by atoms with Gasteiger partial charge in [0.05, 0.1) is 24.5 Å². The Morgan fingerprint density at radius 3 is 2.51 bits per heavy atom. The second-order valence-electron chi connectivity index (χ2n) is 10.6. The summed E-state index contributed by atoms with van der Waals surface area (Å²) in [5, 5.41) is 13.8. The molecule has 2 aliphatic rings. The molecule has 1 aliphatic carbocycles. The van der Waals surface area contributed by atoms with Crippen molar-refractivity contribution in [1.82, 2.24) is 10.8 Å². The average molecular weight is 602 g/mol. The van der Waals surface area contributed by atoms with Crippen molar-refractivity contribution >= 4 is 23.6 Å². The molecular weight excluding hydrogens is 558 g/mol. The lowest BCUT2D eigenvalue weighted by molar-refractivity contribution is -0.120. The Labute approximate surface area is 252 Å². The van der Waals surface area contributed by atoms with Crippen LogP contribution in [-0.4, -0.2) is 73.9 Å². The summed E-state index contributed by atoms with van der Waals surface area (Å²) in [6, 6.07) is 0. The second kappa shape index (κ2) is 16.7. The highest BCUT2D eigenvalue weighted by Crippen LogP contribution is 2.28. The number of hydroxylamine groups is 1. The fraction of sp³-hybridized carbons (Fsp3) is 0.484. The van der Waals surface area contributed by atoms with Gasteiger partial charge in [-0.25, -0.2) is 4.79 Å². The number of aliphatic hydroxyl groups is 1. The molecule has 0 saturated heterocycles. The van der Waals surface area contributed by atoms with Gasteiger partial charge in [-0.2, -0.15) is 0 Å². The summed E-state index contributed by atoms with van der Waals surface area (Å²) in [5.74, 6) is -2.41. The van der Waals surface area contributed by atoms with E-state index in [0.717, 1.165) is 6.08 Å². The van der Waals surface area contributed by atoms with Crippen LogP contribution in [-0.2, 0) is 33.4 Å². The highest BCUT2D eigenvalue weighted by molar-refractivity contribution is 6.23. The van der Waals surface area contributed by atoms with Gasteiger partial charge in [-0.15, -0.1) is 6.58 Å². The van der Waals surface area contributed by atoms with Gasteiger partial charge >= 0.3 is 6.09 Å². The molecule has 0 aromatic carbocycles. The minimum atomic E-state index is -1.01. The molecule has 43 heavy (non-hydrogen) atoms. The molecule has 5 N–H and O–H groups in total. The molecular formula is C31H43N3O9. The molecule has 6 atom stereocenters. The van der Waals surface area contributed by atoms with E-state index < -0.39 is 53.9 Å². The van der Waals surface area contributed by atoms with E-state index in [9.17, 15) is 24.3 Å². The Hall–Kier alpha value is -3.84. The molecule has 236 valence electrons. The van der Waals surface area contributed by atoms with Crippen LogP contribution in [0.1, 0.15) is 40.5 Å². The molecule has 0 spiro atoms. The molecule has 2 rings (SSSR count). The van der Waals surface area contributed by atoms with E-state index in [4.69, 9.17) is 24.8 Å². The summed E-state index contributed by atoms with van der Waals surface area (Å²) in [7, 11) is 2.90. The van der Waals surface area contributed by atoms with E-state index >= 15 is 0 Å². The predicted octanol–water partition coefficient (Wildman–Crippen LogP) is 2.47. The minimum Gasteiger partial charge on any atom is -0.439 e. The summed E-state index contributed by atoms with van der Waals surface area (Å²) in [6.45, 7) is 10.6. The quantitative estimate of drug-likeness (QED) is 0.147. The number of methoxy groups -OCH3 is 2. The van der Waals surface area contributed by atoms with Crippen LogP contribution in [0.2, 0.25) is 0 Å². The molecule has 0 saturated carbocycles. The van der Waals surface area contributed by atoms with Crippen molar-refractivity contribution in [3.05, 3.63) is 71.1 Å². The van der Waals surface area contributed by atoms with Crippen LogP contribution in [0, 0.1) is 11.8 Å². The first-order chi connectivity index (χ1) is 20.3. The van der Waals surface area contributed by atoms with Gasteiger partial charge in [0.15, 0.2) is 6.10 Å². The van der Waals surface area contributed by atoms with Gasteiger partial charge in [-0.3, -0.25) is 24.7 Å². The van der Waals surface area contributed by atoms with E-state index in [-0.39, 0.29) is 41.5 Å². The molecule has 1 aliphatic heterocycles. The first-order valence-corrected chi connectivity index (χ1v) is 13.9. The number of rotatable bonds is 7. The van der Waals surface area contributed by atoms with Crippen LogP contribution in [0.15, 0.2) is 71.1 Å². The number of ether oxygens (including phenoxy) is 3. The Morgan fingerprint density at radius 1 is 1.21 bits per heavy atom. The monoisotopic (exact) mass is 601 g/mol. The largest absolute Gasteiger partial charge is 0.439 e. The van der Waals surface area contributed by atoms with Crippen LogP contribution in [0.3, 0.4) is 0 Å². The van der Waals surface area contributed by atoms with Crippen LogP contribution in [0.25, 0.3) is 0 Å². The summed E-state index contributed by atoms with van der Waals surface area (Å²) < 4.78 is 16.5. The average Bonchev–Trinajstić information content (AvgIpc) is 2.95. The van der Waals surface area contributed by atoms with Crippen molar-refractivity contribution in [2.45, 2.75) is 65.0 Å². The minimum absolute atomic E-state index is 0.0367. The highest BCUT2D eigenvalue weighted by Gasteiger charge is 2.33. The number of aliphatic hydroxyl groups excluding tert-OH is 1. The number of carbonyl (C=O) groups is 4. The zero-order chi connectivity index (χ0) is 32.3. The summed E-state index contributed by atoms with van der Waals surface area (Å²) >= 11 is 0. The Balaban J connectivity index is 2.61. The number of ketones is 2. The van der Waals surface area contributed by atoms with Gasteiger partial charge < -0.3 is 30.4 Å². The third-order valence-corrected chi connectivity index (χ3v) is 7.17. The number of Topliss-reactive ketones (excluding diaryl/α,β-unsaturated/α-hetero) is 1. The van der Waals surface area contributed by atoms with E-state index in [1.54, 1.807) is 26.0 Å². The van der Waals surface area contributed by atoms with Crippen molar-refractivity contribution in [2.24, 2.45) is 17.6 Å². The molecule has 12 nitrogen and oxygen atoms in total. The number of nitrogens with one attached hydrogen (secondary N) is 2. The van der Waals surface area contributed by atoms with Crippen LogP contribution in [0.5, 0.6) is 0 Å². The number of hydrogen-bond donors (Lipinski definition) is 4. The third-order valence-electron chi connectivity index (χ3n) is 7.17. The number of carbonyl (C=O) groups excluding carboxylic acids is 4. The maximum atomic E-state index is 13.6. The lowest BCUT2D eigenvalue weighted by atomic mass is 9.85. The van der Waals surface area contributed by atoms with Crippen molar-refractivity contribution in [3.63, 3.8) is 0 Å².